The highest BCUT2D eigenvalue weighted by molar-refractivity contribution is 6.70. The molecule has 4 rings (SSSR count). The van der Waals surface area contributed by atoms with Crippen LogP contribution in [0.4, 0.5) is 0 Å². The second-order valence-electron chi connectivity index (χ2n) is 12.7. The van der Waals surface area contributed by atoms with Crippen molar-refractivity contribution in [3.8, 4) is 0 Å². The summed E-state index contributed by atoms with van der Waals surface area (Å²) in [4.78, 5) is 0. The zero-order valence-corrected chi connectivity index (χ0v) is 23.1. The van der Waals surface area contributed by atoms with Crippen LogP contribution in [0.5, 0.6) is 0 Å². The maximum absolute atomic E-state index is 2.30. The topological polar surface area (TPSA) is 0 Å². The molecule has 0 amide bonds. The molecule has 0 bridgehead atoms. The second-order valence-corrected chi connectivity index (χ2v) is 12.7. The van der Waals surface area contributed by atoms with Crippen molar-refractivity contribution in [2.75, 3.05) is 0 Å². The lowest BCUT2D eigenvalue weighted by atomic mass is 9.51. The summed E-state index contributed by atoms with van der Waals surface area (Å²) in [7, 11) is 4.06. The Labute approximate surface area is 221 Å². The Kier molecular flexibility index (Phi) is 8.04. The fourth-order valence-electron chi connectivity index (χ4n) is 4.77. The van der Waals surface area contributed by atoms with E-state index in [1.54, 1.807) is 0 Å². The first-order valence-corrected chi connectivity index (χ1v) is 13.4. The standard InChI is InChI=1S/C32H38B4/c1-31(2,3)23-7-9-24(10-8-23)33-25-11-13-26(14-12-25)34-27-15-17-28(18-16-27)35-29-19-21-30(22-20-29)36-32(4,5)6/h7-22,33-36H,1-6H3. The Bertz CT molecular complexity index is 1240. The van der Waals surface area contributed by atoms with Gasteiger partial charge in [-0.2, -0.15) is 0 Å². The largest absolute Gasteiger partial charge is 0.192 e. The molecule has 0 aliphatic carbocycles. The van der Waals surface area contributed by atoms with E-state index in [0.717, 1.165) is 29.1 Å². The molecule has 178 valence electrons. The average Bonchev–Trinajstić information content (AvgIpc) is 2.82. The summed E-state index contributed by atoms with van der Waals surface area (Å²) in [5.74, 6) is 0. The van der Waals surface area contributed by atoms with Crippen LogP contribution in [0.25, 0.3) is 0 Å². The highest BCUT2D eigenvalue weighted by Gasteiger charge is 2.14. The summed E-state index contributed by atoms with van der Waals surface area (Å²) in [6.45, 7) is 13.7. The quantitative estimate of drug-likeness (QED) is 0.362. The molecular weight excluding hydrogens is 428 g/mol. The molecule has 0 saturated carbocycles. The van der Waals surface area contributed by atoms with Gasteiger partial charge in [0.15, 0.2) is 29.1 Å². The molecule has 0 nitrogen and oxygen atoms in total. The van der Waals surface area contributed by atoms with Gasteiger partial charge in [-0.15, -0.1) is 0 Å². The van der Waals surface area contributed by atoms with Gasteiger partial charge in [0.1, 0.15) is 0 Å². The number of rotatable bonds is 7. The van der Waals surface area contributed by atoms with Gasteiger partial charge >= 0.3 is 0 Å². The molecule has 0 atom stereocenters. The molecule has 0 aliphatic heterocycles. The number of benzene rings is 4. The van der Waals surface area contributed by atoms with Gasteiger partial charge < -0.3 is 0 Å². The maximum Gasteiger partial charge on any atom is 0.192 e. The highest BCUT2D eigenvalue weighted by atomic mass is 14.2. The minimum Gasteiger partial charge on any atom is -0.0840 e. The van der Waals surface area contributed by atoms with Crippen molar-refractivity contribution in [1.29, 1.82) is 0 Å². The molecule has 4 aromatic rings. The molecule has 0 unspecified atom stereocenters. The van der Waals surface area contributed by atoms with Crippen molar-refractivity contribution in [3.05, 3.63) is 103 Å². The predicted molar refractivity (Wildman–Crippen MR) is 170 cm³/mol. The number of hydrogen-bond donors (Lipinski definition) is 0. The van der Waals surface area contributed by atoms with E-state index in [4.69, 9.17) is 0 Å². The minimum atomic E-state index is 0.204. The van der Waals surface area contributed by atoms with E-state index in [2.05, 4.69) is 139 Å². The van der Waals surface area contributed by atoms with Crippen LogP contribution in [0.2, 0.25) is 5.31 Å². The van der Waals surface area contributed by atoms with Gasteiger partial charge in [0, 0.05) is 0 Å². The Hall–Kier alpha value is -2.86. The monoisotopic (exact) mass is 466 g/mol. The first kappa shape index (κ1) is 26.2. The Morgan fingerprint density at radius 1 is 0.361 bits per heavy atom. The predicted octanol–water partition coefficient (Wildman–Crippen LogP) is 1.43. The van der Waals surface area contributed by atoms with Crippen LogP contribution in [0.3, 0.4) is 0 Å². The molecule has 0 fully saturated rings. The molecule has 0 radical (unpaired) electrons. The van der Waals surface area contributed by atoms with Gasteiger partial charge in [-0.25, -0.2) is 0 Å². The third-order valence-corrected chi connectivity index (χ3v) is 6.85. The van der Waals surface area contributed by atoms with Crippen LogP contribution < -0.4 is 38.2 Å². The molecule has 36 heavy (non-hydrogen) atoms. The number of hydrogen-bond acceptors (Lipinski definition) is 0. The summed E-state index contributed by atoms with van der Waals surface area (Å²) >= 11 is 0. The van der Waals surface area contributed by atoms with Crippen LogP contribution >= 0.6 is 0 Å². The zero-order chi connectivity index (χ0) is 25.8. The highest BCUT2D eigenvalue weighted by Crippen LogP contribution is 2.20. The second kappa shape index (κ2) is 11.0. The minimum absolute atomic E-state index is 0.204. The molecule has 4 heteroatoms. The smallest absolute Gasteiger partial charge is 0.0840 e. The van der Waals surface area contributed by atoms with Crippen molar-refractivity contribution in [3.63, 3.8) is 0 Å². The third-order valence-electron chi connectivity index (χ3n) is 6.85. The van der Waals surface area contributed by atoms with Gasteiger partial charge in [-0.05, 0) is 11.0 Å². The van der Waals surface area contributed by atoms with E-state index in [0.29, 0.717) is 5.31 Å². The summed E-state index contributed by atoms with van der Waals surface area (Å²) in [6, 6.07) is 36.5. The van der Waals surface area contributed by atoms with E-state index in [1.165, 1.54) is 43.8 Å². The SMILES string of the molecule is CC(C)(C)Bc1ccc(Bc2ccc(Bc3ccc(Bc4ccc(C(C)(C)C)cc4)cc3)cc2)cc1. The van der Waals surface area contributed by atoms with Crippen LogP contribution in [-0.4, -0.2) is 29.1 Å². The van der Waals surface area contributed by atoms with Crippen molar-refractivity contribution in [1.82, 2.24) is 0 Å². The normalized spacial score (nSPS) is 11.6. The molecule has 0 heterocycles. The van der Waals surface area contributed by atoms with Crippen LogP contribution in [0.1, 0.15) is 47.1 Å². The first-order chi connectivity index (χ1) is 17.0. The lowest BCUT2D eigenvalue weighted by molar-refractivity contribution is 0.590. The van der Waals surface area contributed by atoms with Gasteiger partial charge in [-0.3, -0.25) is 0 Å². The van der Waals surface area contributed by atoms with Gasteiger partial charge in [-0.1, -0.05) is 182 Å². The van der Waals surface area contributed by atoms with Crippen molar-refractivity contribution < 1.29 is 0 Å². The lowest BCUT2D eigenvalue weighted by Gasteiger charge is -2.19. The third kappa shape index (κ3) is 7.82. The van der Waals surface area contributed by atoms with E-state index in [-0.39, 0.29) is 5.41 Å². The van der Waals surface area contributed by atoms with E-state index in [1.807, 2.05) is 0 Å². The average molecular weight is 466 g/mol. The van der Waals surface area contributed by atoms with Crippen molar-refractivity contribution in [2.45, 2.75) is 52.3 Å². The van der Waals surface area contributed by atoms with Crippen LogP contribution in [0.15, 0.2) is 97.1 Å². The Morgan fingerprint density at radius 3 is 0.861 bits per heavy atom. The van der Waals surface area contributed by atoms with Crippen molar-refractivity contribution >= 4 is 67.4 Å². The maximum atomic E-state index is 2.30. The molecule has 0 aliphatic rings. The fraction of sp³-hybridized carbons (Fsp3) is 0.250. The summed E-state index contributed by atoms with van der Waals surface area (Å²) < 4.78 is 0. The summed E-state index contributed by atoms with van der Waals surface area (Å²) in [5, 5.41) is 0.329. The first-order valence-electron chi connectivity index (χ1n) is 13.4. The molecule has 0 aromatic heterocycles. The molecule has 0 spiro atoms. The van der Waals surface area contributed by atoms with Gasteiger partial charge in [0.2, 0.25) is 0 Å². The summed E-state index contributed by atoms with van der Waals surface area (Å²) in [6.07, 6.45) is 0. The van der Waals surface area contributed by atoms with Gasteiger partial charge in [0.05, 0.1) is 0 Å². The molecular formula is C32H38B4. The van der Waals surface area contributed by atoms with E-state index < -0.39 is 0 Å². The molecule has 0 saturated heterocycles. The zero-order valence-electron chi connectivity index (χ0n) is 23.1. The lowest BCUT2D eigenvalue weighted by Crippen LogP contribution is -2.33. The molecule has 0 N–H and O–H groups in total. The van der Waals surface area contributed by atoms with Crippen molar-refractivity contribution in [2.24, 2.45) is 0 Å². The van der Waals surface area contributed by atoms with E-state index in [9.17, 15) is 0 Å². The Balaban J connectivity index is 1.31. The fourth-order valence-corrected chi connectivity index (χ4v) is 4.77. The van der Waals surface area contributed by atoms with Crippen LogP contribution in [-0.2, 0) is 5.41 Å². The van der Waals surface area contributed by atoms with E-state index >= 15 is 0 Å². The molecule has 4 aromatic carbocycles. The Morgan fingerprint density at radius 2 is 0.611 bits per heavy atom. The van der Waals surface area contributed by atoms with Crippen LogP contribution in [0, 0.1) is 0 Å². The summed E-state index contributed by atoms with van der Waals surface area (Å²) in [5.41, 5.74) is 11.2. The van der Waals surface area contributed by atoms with Gasteiger partial charge in [0.25, 0.3) is 0 Å².